The normalized spacial score (nSPS) is 10.1. The van der Waals surface area contributed by atoms with Crippen molar-refractivity contribution in [1.82, 2.24) is 9.97 Å². The monoisotopic (exact) mass is 244 g/mol. The van der Waals surface area contributed by atoms with Crippen LogP contribution < -0.4 is 5.32 Å². The van der Waals surface area contributed by atoms with Gasteiger partial charge in [0.2, 0.25) is 5.95 Å². The van der Waals surface area contributed by atoms with E-state index in [0.717, 1.165) is 11.4 Å². The highest BCUT2D eigenvalue weighted by molar-refractivity contribution is 5.55. The summed E-state index contributed by atoms with van der Waals surface area (Å²) >= 11 is 0. The van der Waals surface area contributed by atoms with Crippen LogP contribution in [0.2, 0.25) is 0 Å². The molecule has 1 aromatic heterocycles. The first-order valence-corrected chi connectivity index (χ1v) is 5.38. The fourth-order valence-electron chi connectivity index (χ4n) is 1.58. The van der Waals surface area contributed by atoms with Gasteiger partial charge in [-0.25, -0.2) is 9.97 Å². The van der Waals surface area contributed by atoms with Crippen LogP contribution in [0.4, 0.5) is 17.3 Å². The highest BCUT2D eigenvalue weighted by atomic mass is 16.6. The van der Waals surface area contributed by atoms with E-state index in [9.17, 15) is 10.1 Å². The van der Waals surface area contributed by atoms with E-state index in [1.807, 2.05) is 19.9 Å². The predicted molar refractivity (Wildman–Crippen MR) is 67.9 cm³/mol. The average Bonchev–Trinajstić information content (AvgIpc) is 2.28. The topological polar surface area (TPSA) is 81.0 Å². The Labute approximate surface area is 104 Å². The van der Waals surface area contributed by atoms with Crippen LogP contribution in [0.5, 0.6) is 0 Å². The van der Waals surface area contributed by atoms with Gasteiger partial charge in [-0.2, -0.15) is 0 Å². The van der Waals surface area contributed by atoms with Crippen molar-refractivity contribution in [2.45, 2.75) is 13.8 Å². The minimum Gasteiger partial charge on any atom is -0.324 e. The molecule has 1 aromatic carbocycles. The molecule has 0 saturated carbocycles. The molecule has 2 aromatic rings. The molecular formula is C12H12N4O2. The van der Waals surface area contributed by atoms with Gasteiger partial charge in [-0.1, -0.05) is 0 Å². The van der Waals surface area contributed by atoms with Gasteiger partial charge in [-0.3, -0.25) is 10.1 Å². The Morgan fingerprint density at radius 3 is 2.17 bits per heavy atom. The minimum absolute atomic E-state index is 0.0573. The Kier molecular flexibility index (Phi) is 3.18. The van der Waals surface area contributed by atoms with E-state index in [-0.39, 0.29) is 5.69 Å². The van der Waals surface area contributed by atoms with Crippen LogP contribution in [0.1, 0.15) is 11.4 Å². The van der Waals surface area contributed by atoms with Crippen molar-refractivity contribution in [1.29, 1.82) is 0 Å². The number of hydrogen-bond donors (Lipinski definition) is 1. The first-order valence-electron chi connectivity index (χ1n) is 5.38. The predicted octanol–water partition coefficient (Wildman–Crippen LogP) is 2.75. The summed E-state index contributed by atoms with van der Waals surface area (Å²) in [7, 11) is 0. The van der Waals surface area contributed by atoms with Crippen molar-refractivity contribution < 1.29 is 4.92 Å². The molecule has 0 saturated heterocycles. The van der Waals surface area contributed by atoms with Crippen LogP contribution in [-0.2, 0) is 0 Å². The summed E-state index contributed by atoms with van der Waals surface area (Å²) in [5.41, 5.74) is 2.51. The molecule has 1 heterocycles. The van der Waals surface area contributed by atoms with Gasteiger partial charge in [-0.15, -0.1) is 0 Å². The molecule has 0 radical (unpaired) electrons. The standard InChI is InChI=1S/C12H12N4O2/c1-8-7-9(2)14-12(13-8)15-10-3-5-11(6-4-10)16(17)18/h3-7H,1-2H3,(H,13,14,15). The number of aromatic nitrogens is 2. The number of aryl methyl sites for hydroxylation is 2. The molecule has 0 spiro atoms. The number of anilines is 2. The van der Waals surface area contributed by atoms with Gasteiger partial charge in [0.15, 0.2) is 0 Å². The van der Waals surface area contributed by atoms with E-state index in [1.165, 1.54) is 12.1 Å². The zero-order chi connectivity index (χ0) is 13.1. The highest BCUT2D eigenvalue weighted by Gasteiger charge is 2.05. The summed E-state index contributed by atoms with van der Waals surface area (Å²) < 4.78 is 0. The SMILES string of the molecule is Cc1cc(C)nc(Nc2ccc([N+](=O)[O-])cc2)n1. The fourth-order valence-corrected chi connectivity index (χ4v) is 1.58. The molecule has 0 aliphatic rings. The highest BCUT2D eigenvalue weighted by Crippen LogP contribution is 2.18. The number of nitrogens with zero attached hydrogens (tertiary/aromatic N) is 3. The number of nitro benzene ring substituents is 1. The zero-order valence-electron chi connectivity index (χ0n) is 10.0. The lowest BCUT2D eigenvalue weighted by atomic mass is 10.3. The lowest BCUT2D eigenvalue weighted by Gasteiger charge is -2.06. The Morgan fingerprint density at radius 1 is 1.11 bits per heavy atom. The van der Waals surface area contributed by atoms with Gasteiger partial charge in [0.1, 0.15) is 0 Å². The van der Waals surface area contributed by atoms with Crippen LogP contribution in [0.3, 0.4) is 0 Å². The van der Waals surface area contributed by atoms with Crippen molar-refractivity contribution in [2.24, 2.45) is 0 Å². The van der Waals surface area contributed by atoms with Gasteiger partial charge < -0.3 is 5.32 Å². The van der Waals surface area contributed by atoms with Gasteiger partial charge in [0.25, 0.3) is 5.69 Å². The molecule has 92 valence electrons. The molecule has 0 unspecified atom stereocenters. The molecule has 2 rings (SSSR count). The van der Waals surface area contributed by atoms with E-state index >= 15 is 0 Å². The maximum absolute atomic E-state index is 10.5. The second-order valence-corrected chi connectivity index (χ2v) is 3.90. The summed E-state index contributed by atoms with van der Waals surface area (Å²) in [4.78, 5) is 18.5. The molecule has 0 bridgehead atoms. The fraction of sp³-hybridized carbons (Fsp3) is 0.167. The number of nitro groups is 1. The summed E-state index contributed by atoms with van der Waals surface area (Å²) in [5, 5.41) is 13.5. The molecule has 0 aliphatic carbocycles. The number of nitrogens with one attached hydrogen (secondary N) is 1. The summed E-state index contributed by atoms with van der Waals surface area (Å²) in [5.74, 6) is 0.487. The lowest BCUT2D eigenvalue weighted by molar-refractivity contribution is -0.384. The Hall–Kier alpha value is -2.50. The van der Waals surface area contributed by atoms with Crippen molar-refractivity contribution in [3.05, 3.63) is 51.8 Å². The Morgan fingerprint density at radius 2 is 1.67 bits per heavy atom. The Bertz CT molecular complexity index is 561. The molecule has 6 heteroatoms. The van der Waals surface area contributed by atoms with E-state index in [2.05, 4.69) is 15.3 Å². The van der Waals surface area contributed by atoms with E-state index < -0.39 is 4.92 Å². The molecule has 0 atom stereocenters. The summed E-state index contributed by atoms with van der Waals surface area (Å²) in [6.07, 6.45) is 0. The van der Waals surface area contributed by atoms with Crippen LogP contribution in [0.25, 0.3) is 0 Å². The van der Waals surface area contributed by atoms with Crippen molar-refractivity contribution in [3.8, 4) is 0 Å². The van der Waals surface area contributed by atoms with E-state index in [0.29, 0.717) is 11.6 Å². The molecule has 0 aliphatic heterocycles. The first kappa shape index (κ1) is 12.0. The molecule has 6 nitrogen and oxygen atoms in total. The number of hydrogen-bond acceptors (Lipinski definition) is 5. The quantitative estimate of drug-likeness (QED) is 0.663. The van der Waals surface area contributed by atoms with Crippen molar-refractivity contribution in [2.75, 3.05) is 5.32 Å². The van der Waals surface area contributed by atoms with Crippen LogP contribution >= 0.6 is 0 Å². The second-order valence-electron chi connectivity index (χ2n) is 3.90. The second kappa shape index (κ2) is 4.79. The maximum Gasteiger partial charge on any atom is 0.269 e. The summed E-state index contributed by atoms with van der Waals surface area (Å²) in [6.45, 7) is 3.77. The third-order valence-electron chi connectivity index (χ3n) is 2.32. The van der Waals surface area contributed by atoms with E-state index in [1.54, 1.807) is 12.1 Å². The van der Waals surface area contributed by atoms with Gasteiger partial charge >= 0.3 is 0 Å². The van der Waals surface area contributed by atoms with Crippen molar-refractivity contribution in [3.63, 3.8) is 0 Å². The molecule has 18 heavy (non-hydrogen) atoms. The smallest absolute Gasteiger partial charge is 0.269 e. The molecule has 0 amide bonds. The number of non-ortho nitro benzene ring substituents is 1. The van der Waals surface area contributed by atoms with Crippen LogP contribution in [0, 0.1) is 24.0 Å². The lowest BCUT2D eigenvalue weighted by Crippen LogP contribution is -2.00. The van der Waals surface area contributed by atoms with E-state index in [4.69, 9.17) is 0 Å². The molecule has 1 N–H and O–H groups in total. The Balaban J connectivity index is 2.20. The minimum atomic E-state index is -0.433. The van der Waals surface area contributed by atoms with Crippen molar-refractivity contribution >= 4 is 17.3 Å². The third kappa shape index (κ3) is 2.79. The first-order chi connectivity index (χ1) is 8.54. The molecular weight excluding hydrogens is 232 g/mol. The van der Waals surface area contributed by atoms with Gasteiger partial charge in [0, 0.05) is 29.2 Å². The number of benzene rings is 1. The van der Waals surface area contributed by atoms with Crippen LogP contribution in [-0.4, -0.2) is 14.9 Å². The molecule has 0 fully saturated rings. The average molecular weight is 244 g/mol. The van der Waals surface area contributed by atoms with Gasteiger partial charge in [0.05, 0.1) is 4.92 Å². The number of rotatable bonds is 3. The van der Waals surface area contributed by atoms with Crippen LogP contribution in [0.15, 0.2) is 30.3 Å². The summed E-state index contributed by atoms with van der Waals surface area (Å²) in [6, 6.07) is 8.00. The zero-order valence-corrected chi connectivity index (χ0v) is 10.0. The maximum atomic E-state index is 10.5. The third-order valence-corrected chi connectivity index (χ3v) is 2.32. The largest absolute Gasteiger partial charge is 0.324 e. The van der Waals surface area contributed by atoms with Gasteiger partial charge in [-0.05, 0) is 32.0 Å².